The molecule has 0 radical (unpaired) electrons. The summed E-state index contributed by atoms with van der Waals surface area (Å²) >= 11 is 1.54. The largest absolute Gasteiger partial charge is 0.397 e. The molecule has 2 heterocycles. The predicted octanol–water partition coefficient (Wildman–Crippen LogP) is 5.35. The molecule has 1 saturated heterocycles. The summed E-state index contributed by atoms with van der Waals surface area (Å²) in [4.78, 5) is 28.9. The van der Waals surface area contributed by atoms with Crippen molar-refractivity contribution in [3.8, 4) is 0 Å². The van der Waals surface area contributed by atoms with Crippen molar-refractivity contribution >= 4 is 40.6 Å². The van der Waals surface area contributed by atoms with E-state index in [0.29, 0.717) is 54.9 Å². The Morgan fingerprint density at radius 2 is 1.64 bits per heavy atom. The quantitative estimate of drug-likeness (QED) is 0.0756. The number of para-hydroxylation sites is 2. The van der Waals surface area contributed by atoms with Gasteiger partial charge in [-0.2, -0.15) is 5.10 Å². The number of thioether (sulfide) groups is 1. The zero-order valence-corrected chi connectivity index (χ0v) is 25.0. The molecule has 1 aliphatic rings. The third-order valence-electron chi connectivity index (χ3n) is 7.17. The molecule has 12 heteroatoms. The number of carbonyl (C=O) groups excluding carboxylic acids is 2. The van der Waals surface area contributed by atoms with E-state index in [1.807, 2.05) is 60.7 Å². The van der Waals surface area contributed by atoms with Gasteiger partial charge < -0.3 is 30.9 Å². The first-order valence-corrected chi connectivity index (χ1v) is 15.5. The third-order valence-corrected chi connectivity index (χ3v) is 8.18. The van der Waals surface area contributed by atoms with Crippen molar-refractivity contribution in [3.63, 3.8) is 0 Å². The maximum Gasteiger partial charge on any atom is 0.224 e. The smallest absolute Gasteiger partial charge is 0.224 e. The lowest BCUT2D eigenvalue weighted by atomic mass is 10.0. The predicted molar refractivity (Wildman–Crippen MR) is 169 cm³/mol. The van der Waals surface area contributed by atoms with Gasteiger partial charge in [-0.15, -0.1) is 0 Å². The number of benzene rings is 3. The zero-order chi connectivity index (χ0) is 30.7. The van der Waals surface area contributed by atoms with Crippen LogP contribution in [0.25, 0.3) is 0 Å². The van der Waals surface area contributed by atoms with Crippen LogP contribution in [0.2, 0.25) is 0 Å². The van der Waals surface area contributed by atoms with Crippen molar-refractivity contribution < 1.29 is 24.2 Å². The third kappa shape index (κ3) is 8.89. The Bertz CT molecular complexity index is 1500. The summed E-state index contributed by atoms with van der Waals surface area (Å²) in [7, 11) is 0. The first-order valence-electron chi connectivity index (χ1n) is 14.5. The number of nitrogen functional groups attached to an aromatic ring is 1. The first kappa shape index (κ1) is 31.2. The van der Waals surface area contributed by atoms with Crippen molar-refractivity contribution in [2.24, 2.45) is 0 Å². The second kappa shape index (κ2) is 15.5. The fraction of sp³-hybridized carbons (Fsp3) is 0.312. The zero-order valence-electron chi connectivity index (χ0n) is 24.1. The summed E-state index contributed by atoms with van der Waals surface area (Å²) in [5, 5.41) is 22.6. The highest BCUT2D eigenvalue weighted by Crippen LogP contribution is 2.39. The van der Waals surface area contributed by atoms with E-state index in [9.17, 15) is 14.7 Å². The molecule has 4 aromatic rings. The van der Waals surface area contributed by atoms with Gasteiger partial charge in [0.2, 0.25) is 11.8 Å². The lowest BCUT2D eigenvalue weighted by Crippen LogP contribution is -2.31. The Labute approximate surface area is 260 Å². The monoisotopic (exact) mass is 616 g/mol. The number of aliphatic hydroxyl groups is 1. The van der Waals surface area contributed by atoms with Gasteiger partial charge in [-0.05, 0) is 48.2 Å². The van der Waals surface area contributed by atoms with E-state index in [0.717, 1.165) is 21.8 Å². The molecule has 11 nitrogen and oxygen atoms in total. The van der Waals surface area contributed by atoms with Crippen LogP contribution in [0.4, 0.5) is 17.1 Å². The van der Waals surface area contributed by atoms with Gasteiger partial charge in [-0.3, -0.25) is 14.7 Å². The molecule has 5 rings (SSSR count). The fourth-order valence-electron chi connectivity index (χ4n) is 4.80. The Morgan fingerprint density at radius 3 is 2.32 bits per heavy atom. The van der Waals surface area contributed by atoms with Crippen LogP contribution in [0.5, 0.6) is 0 Å². The molecule has 3 aromatic carbocycles. The van der Waals surface area contributed by atoms with Gasteiger partial charge in [0.1, 0.15) is 6.33 Å². The molecular weight excluding hydrogens is 580 g/mol. The number of carbonyl (C=O) groups is 2. The van der Waals surface area contributed by atoms with Crippen molar-refractivity contribution in [2.75, 3.05) is 22.1 Å². The number of anilines is 3. The van der Waals surface area contributed by atoms with E-state index >= 15 is 0 Å². The number of aromatic amines is 1. The molecule has 44 heavy (non-hydrogen) atoms. The van der Waals surface area contributed by atoms with Crippen molar-refractivity contribution in [2.45, 2.75) is 62.4 Å². The van der Waals surface area contributed by atoms with E-state index in [-0.39, 0.29) is 30.6 Å². The van der Waals surface area contributed by atoms with Gasteiger partial charge in [0.25, 0.3) is 0 Å². The highest BCUT2D eigenvalue weighted by Gasteiger charge is 2.32. The van der Waals surface area contributed by atoms with Crippen LogP contribution in [0.15, 0.2) is 84.3 Å². The maximum atomic E-state index is 12.5. The number of aliphatic hydroxyl groups excluding tert-OH is 1. The molecule has 0 spiro atoms. The number of hydrogen-bond acceptors (Lipinski definition) is 9. The summed E-state index contributed by atoms with van der Waals surface area (Å²) < 4.78 is 12.7. The van der Waals surface area contributed by atoms with Crippen LogP contribution in [0.1, 0.15) is 61.2 Å². The Kier molecular flexibility index (Phi) is 11.0. The van der Waals surface area contributed by atoms with Gasteiger partial charge in [0, 0.05) is 36.3 Å². The molecule has 2 amide bonds. The van der Waals surface area contributed by atoms with Gasteiger partial charge in [0.05, 0.1) is 30.2 Å². The van der Waals surface area contributed by atoms with E-state index < -0.39 is 6.29 Å². The van der Waals surface area contributed by atoms with Crippen LogP contribution in [-0.4, -0.2) is 44.0 Å². The molecule has 3 atom stereocenters. The fourth-order valence-corrected chi connectivity index (χ4v) is 5.60. The van der Waals surface area contributed by atoms with Gasteiger partial charge in [0.15, 0.2) is 11.4 Å². The van der Waals surface area contributed by atoms with Gasteiger partial charge in [-0.1, -0.05) is 60.3 Å². The summed E-state index contributed by atoms with van der Waals surface area (Å²) in [6.45, 7) is -0.0152. The second-order valence-corrected chi connectivity index (χ2v) is 11.5. The molecule has 0 unspecified atom stereocenters. The number of unbranched alkanes of at least 4 members (excludes halogenated alkanes) is 1. The Morgan fingerprint density at radius 1 is 0.932 bits per heavy atom. The Balaban J connectivity index is 1.12. The summed E-state index contributed by atoms with van der Waals surface area (Å²) in [5.41, 5.74) is 10.3. The molecule has 230 valence electrons. The summed E-state index contributed by atoms with van der Waals surface area (Å²) in [5.74, 6) is 0.414. The molecule has 1 fully saturated rings. The minimum Gasteiger partial charge on any atom is -0.397 e. The number of hydrogen-bond donors (Lipinski definition) is 5. The number of rotatable bonds is 13. The van der Waals surface area contributed by atoms with Crippen molar-refractivity contribution in [1.82, 2.24) is 15.2 Å². The van der Waals surface area contributed by atoms with Gasteiger partial charge >= 0.3 is 0 Å². The number of aromatic nitrogens is 3. The lowest BCUT2D eigenvalue weighted by Gasteiger charge is -2.36. The Hall–Kier alpha value is -4.23. The van der Waals surface area contributed by atoms with Crippen molar-refractivity contribution in [1.29, 1.82) is 0 Å². The molecular formula is C32H36N6O5S. The van der Waals surface area contributed by atoms with Crippen molar-refractivity contribution in [3.05, 3.63) is 95.8 Å². The molecule has 0 bridgehead atoms. The van der Waals surface area contributed by atoms with E-state index in [1.54, 1.807) is 12.1 Å². The molecule has 1 aromatic heterocycles. The average Bonchev–Trinajstić information content (AvgIpc) is 3.57. The highest BCUT2D eigenvalue weighted by atomic mass is 32.2. The highest BCUT2D eigenvalue weighted by molar-refractivity contribution is 7.99. The van der Waals surface area contributed by atoms with Gasteiger partial charge in [-0.25, -0.2) is 4.98 Å². The minimum atomic E-state index is -0.603. The number of ether oxygens (including phenoxy) is 2. The molecule has 6 N–H and O–H groups in total. The molecule has 1 aliphatic heterocycles. The lowest BCUT2D eigenvalue weighted by molar-refractivity contribution is -0.245. The standard InChI is InChI=1S/C32H36N6O5S/c33-26-5-1-2-6-27(26)37-30(41)8-4-3-7-29(40)36-24-15-13-23(14-16-24)31-42-25(19-44-32-34-20-35-38-32)17-28(43-31)22-11-9-21(18-39)10-12-22/h1-2,5-6,9-16,20,25,28,31,39H,3-4,7-8,17-19,33H2,(H,36,40)(H,37,41)(H,34,35,38)/t25-,28+,31+/m1/s1. The number of nitrogens with one attached hydrogen (secondary N) is 3. The van der Waals surface area contributed by atoms with E-state index in [2.05, 4.69) is 25.8 Å². The maximum absolute atomic E-state index is 12.5. The second-order valence-electron chi connectivity index (χ2n) is 10.5. The number of H-pyrrole nitrogens is 1. The normalized spacial score (nSPS) is 18.1. The number of nitrogens with two attached hydrogens (primary N) is 1. The van der Waals surface area contributed by atoms with Crippen LogP contribution < -0.4 is 16.4 Å². The first-order chi connectivity index (χ1) is 21.5. The summed E-state index contributed by atoms with van der Waals surface area (Å²) in [6, 6.07) is 22.3. The van der Waals surface area contributed by atoms with Crippen LogP contribution >= 0.6 is 11.8 Å². The van der Waals surface area contributed by atoms with Crippen LogP contribution in [0, 0.1) is 0 Å². The summed E-state index contributed by atoms with van der Waals surface area (Å²) in [6.07, 6.45) is 3.00. The SMILES string of the molecule is Nc1ccccc1NC(=O)CCCCC(=O)Nc1ccc([C@H]2O[C@@H](CSc3ncn[nH]3)C[C@@H](c3ccc(CO)cc3)O2)cc1. The minimum absolute atomic E-state index is 0.0152. The number of nitrogens with zero attached hydrogens (tertiary/aromatic N) is 2. The molecule has 0 saturated carbocycles. The molecule has 0 aliphatic carbocycles. The van der Waals surface area contributed by atoms with Crippen LogP contribution in [0.3, 0.4) is 0 Å². The topological polar surface area (TPSA) is 164 Å². The van der Waals surface area contributed by atoms with E-state index in [1.165, 1.54) is 18.1 Å². The van der Waals surface area contributed by atoms with E-state index in [4.69, 9.17) is 15.2 Å². The van der Waals surface area contributed by atoms with Crippen LogP contribution in [-0.2, 0) is 25.7 Å². The average molecular weight is 617 g/mol. The number of amides is 2.